The van der Waals surface area contributed by atoms with Crippen LogP contribution in [0.5, 0.6) is 0 Å². The van der Waals surface area contributed by atoms with Gasteiger partial charge in [-0.25, -0.2) is 0 Å². The standard InChI is InChI=1S/C14H26N2O3/c1-10(2)15-8-4-7-13(17)16-12-6-3-5-11(9-12)14(18)19/h10-12,15H,3-9H2,1-2H3,(H,16,17)(H,18,19). The molecule has 0 aliphatic heterocycles. The first-order valence-electron chi connectivity index (χ1n) is 7.24. The second kappa shape index (κ2) is 8.15. The van der Waals surface area contributed by atoms with Gasteiger partial charge in [0.2, 0.25) is 5.91 Å². The Hall–Kier alpha value is -1.10. The first-order chi connectivity index (χ1) is 8.99. The van der Waals surface area contributed by atoms with Crippen LogP contribution in [0.25, 0.3) is 0 Å². The maximum atomic E-state index is 11.7. The third-order valence-corrected chi connectivity index (χ3v) is 3.52. The van der Waals surface area contributed by atoms with Crippen molar-refractivity contribution in [1.29, 1.82) is 0 Å². The highest BCUT2D eigenvalue weighted by atomic mass is 16.4. The Bertz CT molecular complexity index is 305. The summed E-state index contributed by atoms with van der Waals surface area (Å²) in [5.74, 6) is -0.983. The lowest BCUT2D eigenvalue weighted by Gasteiger charge is -2.27. The van der Waals surface area contributed by atoms with Crippen LogP contribution in [0.2, 0.25) is 0 Å². The number of carbonyl (C=O) groups excluding carboxylic acids is 1. The van der Waals surface area contributed by atoms with Crippen LogP contribution in [0.1, 0.15) is 52.4 Å². The predicted octanol–water partition coefficient (Wildman–Crippen LogP) is 1.52. The Kier molecular flexibility index (Phi) is 6.84. The number of hydrogen-bond donors (Lipinski definition) is 3. The summed E-state index contributed by atoms with van der Waals surface area (Å²) in [6, 6.07) is 0.484. The van der Waals surface area contributed by atoms with E-state index in [1.54, 1.807) is 0 Å². The van der Waals surface area contributed by atoms with Crippen LogP contribution in [-0.2, 0) is 9.59 Å². The Morgan fingerprint density at radius 3 is 2.68 bits per heavy atom. The zero-order valence-corrected chi connectivity index (χ0v) is 11.9. The van der Waals surface area contributed by atoms with E-state index in [1.165, 1.54) is 0 Å². The molecule has 19 heavy (non-hydrogen) atoms. The zero-order valence-electron chi connectivity index (χ0n) is 11.9. The number of aliphatic carboxylic acids is 1. The summed E-state index contributed by atoms with van der Waals surface area (Å²) in [5.41, 5.74) is 0. The maximum absolute atomic E-state index is 11.7. The molecule has 2 unspecified atom stereocenters. The summed E-state index contributed by atoms with van der Waals surface area (Å²) in [4.78, 5) is 22.7. The largest absolute Gasteiger partial charge is 0.481 e. The lowest BCUT2D eigenvalue weighted by molar-refractivity contribution is -0.143. The fourth-order valence-corrected chi connectivity index (χ4v) is 2.48. The second-order valence-corrected chi connectivity index (χ2v) is 5.68. The van der Waals surface area contributed by atoms with Crippen LogP contribution in [0.4, 0.5) is 0 Å². The van der Waals surface area contributed by atoms with Gasteiger partial charge in [0.1, 0.15) is 0 Å². The molecule has 0 aromatic heterocycles. The predicted molar refractivity (Wildman–Crippen MR) is 73.9 cm³/mol. The molecule has 0 heterocycles. The van der Waals surface area contributed by atoms with Crippen molar-refractivity contribution in [2.24, 2.45) is 5.92 Å². The number of amides is 1. The number of nitrogens with one attached hydrogen (secondary N) is 2. The molecule has 0 bridgehead atoms. The molecule has 5 nitrogen and oxygen atoms in total. The molecule has 1 rings (SSSR count). The van der Waals surface area contributed by atoms with Crippen molar-refractivity contribution >= 4 is 11.9 Å². The fraction of sp³-hybridized carbons (Fsp3) is 0.857. The topological polar surface area (TPSA) is 78.4 Å². The van der Waals surface area contributed by atoms with E-state index in [-0.39, 0.29) is 17.9 Å². The van der Waals surface area contributed by atoms with E-state index in [0.717, 1.165) is 32.2 Å². The molecule has 2 atom stereocenters. The minimum atomic E-state index is -0.736. The summed E-state index contributed by atoms with van der Waals surface area (Å²) in [7, 11) is 0. The highest BCUT2D eigenvalue weighted by molar-refractivity contribution is 5.76. The molecule has 3 N–H and O–H groups in total. The molecule has 0 aromatic rings. The molecule has 110 valence electrons. The summed E-state index contributed by atoms with van der Waals surface area (Å²) in [5, 5.41) is 15.2. The van der Waals surface area contributed by atoms with Crippen LogP contribution in [0, 0.1) is 5.92 Å². The van der Waals surface area contributed by atoms with Gasteiger partial charge in [-0.3, -0.25) is 9.59 Å². The Morgan fingerprint density at radius 1 is 1.32 bits per heavy atom. The van der Waals surface area contributed by atoms with Gasteiger partial charge in [-0.05, 0) is 32.2 Å². The third kappa shape index (κ3) is 6.57. The van der Waals surface area contributed by atoms with Crippen molar-refractivity contribution in [3.8, 4) is 0 Å². The molecule has 1 saturated carbocycles. The van der Waals surface area contributed by atoms with Crippen LogP contribution in [0.15, 0.2) is 0 Å². The summed E-state index contributed by atoms with van der Waals surface area (Å²) >= 11 is 0. The van der Waals surface area contributed by atoms with Gasteiger partial charge >= 0.3 is 5.97 Å². The summed E-state index contributed by atoms with van der Waals surface area (Å²) < 4.78 is 0. The maximum Gasteiger partial charge on any atom is 0.306 e. The van der Waals surface area contributed by atoms with Gasteiger partial charge in [-0.2, -0.15) is 0 Å². The fourth-order valence-electron chi connectivity index (χ4n) is 2.48. The van der Waals surface area contributed by atoms with Crippen LogP contribution in [0.3, 0.4) is 0 Å². The van der Waals surface area contributed by atoms with E-state index in [0.29, 0.717) is 18.9 Å². The molecule has 1 aliphatic carbocycles. The average molecular weight is 270 g/mol. The summed E-state index contributed by atoms with van der Waals surface area (Å²) in [6.45, 7) is 5.00. The van der Waals surface area contributed by atoms with Gasteiger partial charge in [0.15, 0.2) is 0 Å². The molecule has 1 fully saturated rings. The SMILES string of the molecule is CC(C)NCCCC(=O)NC1CCCC(C(=O)O)C1. The highest BCUT2D eigenvalue weighted by Crippen LogP contribution is 2.24. The Morgan fingerprint density at radius 2 is 2.05 bits per heavy atom. The van der Waals surface area contributed by atoms with Gasteiger partial charge in [0.25, 0.3) is 0 Å². The van der Waals surface area contributed by atoms with Gasteiger partial charge in [0, 0.05) is 18.5 Å². The minimum Gasteiger partial charge on any atom is -0.481 e. The minimum absolute atomic E-state index is 0.0420. The molecule has 0 radical (unpaired) electrons. The number of carboxylic acids is 1. The van der Waals surface area contributed by atoms with Crippen molar-refractivity contribution in [3.05, 3.63) is 0 Å². The van der Waals surface area contributed by atoms with E-state index in [2.05, 4.69) is 24.5 Å². The monoisotopic (exact) mass is 270 g/mol. The van der Waals surface area contributed by atoms with Gasteiger partial charge in [0.05, 0.1) is 5.92 Å². The van der Waals surface area contributed by atoms with Gasteiger partial charge < -0.3 is 15.7 Å². The van der Waals surface area contributed by atoms with Crippen LogP contribution >= 0.6 is 0 Å². The smallest absolute Gasteiger partial charge is 0.306 e. The van der Waals surface area contributed by atoms with Gasteiger partial charge in [-0.15, -0.1) is 0 Å². The first-order valence-corrected chi connectivity index (χ1v) is 7.24. The normalized spacial score (nSPS) is 23.3. The van der Waals surface area contributed by atoms with Crippen molar-refractivity contribution in [2.75, 3.05) is 6.54 Å². The van der Waals surface area contributed by atoms with Crippen molar-refractivity contribution in [3.63, 3.8) is 0 Å². The number of carbonyl (C=O) groups is 2. The Balaban J connectivity index is 2.19. The van der Waals surface area contributed by atoms with E-state index in [9.17, 15) is 9.59 Å². The molecular formula is C14H26N2O3. The Labute approximate surface area is 115 Å². The van der Waals surface area contributed by atoms with Crippen molar-refractivity contribution in [1.82, 2.24) is 10.6 Å². The molecule has 1 amide bonds. The van der Waals surface area contributed by atoms with Crippen LogP contribution in [-0.4, -0.2) is 35.6 Å². The lowest BCUT2D eigenvalue weighted by atomic mass is 9.86. The van der Waals surface area contributed by atoms with Crippen molar-refractivity contribution in [2.45, 2.75) is 64.5 Å². The number of hydrogen-bond acceptors (Lipinski definition) is 3. The zero-order chi connectivity index (χ0) is 14.3. The molecule has 0 spiro atoms. The number of carboxylic acid groups (broad SMARTS) is 1. The average Bonchev–Trinajstić information content (AvgIpc) is 2.34. The first kappa shape index (κ1) is 16.0. The third-order valence-electron chi connectivity index (χ3n) is 3.52. The molecule has 0 aromatic carbocycles. The molecule has 0 saturated heterocycles. The van der Waals surface area contributed by atoms with Crippen LogP contribution < -0.4 is 10.6 Å². The van der Waals surface area contributed by atoms with E-state index < -0.39 is 5.97 Å². The highest BCUT2D eigenvalue weighted by Gasteiger charge is 2.27. The van der Waals surface area contributed by atoms with E-state index in [4.69, 9.17) is 5.11 Å². The second-order valence-electron chi connectivity index (χ2n) is 5.68. The number of rotatable bonds is 7. The molecule has 5 heteroatoms. The summed E-state index contributed by atoms with van der Waals surface area (Å²) in [6.07, 6.45) is 4.43. The van der Waals surface area contributed by atoms with Crippen molar-refractivity contribution < 1.29 is 14.7 Å². The van der Waals surface area contributed by atoms with E-state index >= 15 is 0 Å². The molecule has 1 aliphatic rings. The molecular weight excluding hydrogens is 244 g/mol. The lowest BCUT2D eigenvalue weighted by Crippen LogP contribution is -2.40. The van der Waals surface area contributed by atoms with E-state index in [1.807, 2.05) is 0 Å². The van der Waals surface area contributed by atoms with Gasteiger partial charge in [-0.1, -0.05) is 20.3 Å². The quantitative estimate of drug-likeness (QED) is 0.613.